The molecule has 0 aliphatic rings. The molecule has 0 atom stereocenters. The second-order valence-electron chi connectivity index (χ2n) is 3.53. The summed E-state index contributed by atoms with van der Waals surface area (Å²) in [6, 6.07) is 8.92. The van der Waals surface area contributed by atoms with E-state index in [0.717, 1.165) is 16.0 Å². The lowest BCUT2D eigenvalue weighted by Crippen LogP contribution is -1.90. The maximum absolute atomic E-state index is 11.5. The Labute approximate surface area is 98.2 Å². The molecular weight excluding hydrogens is 220 g/mol. The summed E-state index contributed by atoms with van der Waals surface area (Å²) in [5.41, 5.74) is 1.92. The van der Waals surface area contributed by atoms with Crippen molar-refractivity contribution >= 4 is 17.1 Å². The van der Waals surface area contributed by atoms with Crippen LogP contribution < -0.4 is 0 Å². The molecule has 1 heterocycles. The van der Waals surface area contributed by atoms with Crippen LogP contribution in [0, 0.1) is 0 Å². The van der Waals surface area contributed by atoms with Gasteiger partial charge in [-0.1, -0.05) is 19.1 Å². The van der Waals surface area contributed by atoms with Gasteiger partial charge in [-0.05, 0) is 34.7 Å². The number of carbonyl (C=O) groups excluding carboxylic acids is 1. The van der Waals surface area contributed by atoms with Gasteiger partial charge in [0.15, 0.2) is 5.78 Å². The molecule has 1 aromatic carbocycles. The van der Waals surface area contributed by atoms with Crippen LogP contribution in [0.3, 0.4) is 0 Å². The van der Waals surface area contributed by atoms with E-state index in [1.807, 2.05) is 24.4 Å². The number of ketones is 1. The molecule has 3 heteroatoms. The third kappa shape index (κ3) is 2.14. The zero-order valence-corrected chi connectivity index (χ0v) is 9.75. The van der Waals surface area contributed by atoms with E-state index < -0.39 is 0 Å². The van der Waals surface area contributed by atoms with Gasteiger partial charge in [0.05, 0.1) is 4.88 Å². The van der Waals surface area contributed by atoms with E-state index in [4.69, 9.17) is 0 Å². The van der Waals surface area contributed by atoms with Gasteiger partial charge in [-0.25, -0.2) is 0 Å². The van der Waals surface area contributed by atoms with Gasteiger partial charge < -0.3 is 5.11 Å². The summed E-state index contributed by atoms with van der Waals surface area (Å²) in [5.74, 6) is 0.406. The van der Waals surface area contributed by atoms with Gasteiger partial charge in [0.25, 0.3) is 0 Å². The van der Waals surface area contributed by atoms with Crippen LogP contribution >= 0.6 is 11.3 Å². The first-order valence-corrected chi connectivity index (χ1v) is 6.00. The molecule has 82 valence electrons. The topological polar surface area (TPSA) is 37.3 Å². The molecule has 0 aliphatic heterocycles. The molecule has 0 spiro atoms. The van der Waals surface area contributed by atoms with Crippen LogP contribution in [-0.2, 0) is 0 Å². The molecular formula is C13H12O2S. The van der Waals surface area contributed by atoms with Crippen molar-refractivity contribution in [3.8, 4) is 16.9 Å². The summed E-state index contributed by atoms with van der Waals surface area (Å²) in [6.07, 6.45) is 0.528. The summed E-state index contributed by atoms with van der Waals surface area (Å²) < 4.78 is 0. The summed E-state index contributed by atoms with van der Waals surface area (Å²) in [4.78, 5) is 12.3. The summed E-state index contributed by atoms with van der Waals surface area (Å²) in [7, 11) is 0. The van der Waals surface area contributed by atoms with Crippen molar-refractivity contribution in [2.75, 3.05) is 0 Å². The van der Waals surface area contributed by atoms with Crippen LogP contribution in [0.1, 0.15) is 23.0 Å². The maximum atomic E-state index is 11.5. The molecule has 2 rings (SSSR count). The number of phenols is 1. The van der Waals surface area contributed by atoms with Gasteiger partial charge in [-0.2, -0.15) is 0 Å². The summed E-state index contributed by atoms with van der Waals surface area (Å²) >= 11 is 1.45. The molecule has 0 amide bonds. The highest BCUT2D eigenvalue weighted by molar-refractivity contribution is 7.12. The standard InChI is InChI=1S/C13H12O2S/c1-2-12(15)13-7-10(8-16-13)9-4-3-5-11(14)6-9/h3-8,14H,2H2,1H3. The predicted molar refractivity (Wildman–Crippen MR) is 66.0 cm³/mol. The first-order valence-electron chi connectivity index (χ1n) is 5.12. The predicted octanol–water partition coefficient (Wildman–Crippen LogP) is 3.71. The number of aromatic hydroxyl groups is 1. The molecule has 0 radical (unpaired) electrons. The monoisotopic (exact) mass is 232 g/mol. The molecule has 0 aliphatic carbocycles. The van der Waals surface area contributed by atoms with Crippen LogP contribution in [0.25, 0.3) is 11.1 Å². The number of Topliss-reactive ketones (excluding diaryl/α,β-unsaturated/α-hetero) is 1. The third-order valence-corrected chi connectivity index (χ3v) is 3.35. The fourth-order valence-electron chi connectivity index (χ4n) is 1.49. The first-order chi connectivity index (χ1) is 7.70. The Morgan fingerprint density at radius 3 is 2.81 bits per heavy atom. The van der Waals surface area contributed by atoms with E-state index in [9.17, 15) is 9.90 Å². The van der Waals surface area contributed by atoms with E-state index in [1.54, 1.807) is 18.2 Å². The minimum absolute atomic E-state index is 0.163. The Morgan fingerprint density at radius 2 is 2.12 bits per heavy atom. The normalized spacial score (nSPS) is 10.3. The maximum Gasteiger partial charge on any atom is 0.172 e. The zero-order valence-electron chi connectivity index (χ0n) is 8.93. The van der Waals surface area contributed by atoms with Crippen molar-refractivity contribution in [3.05, 3.63) is 40.6 Å². The largest absolute Gasteiger partial charge is 0.508 e. The van der Waals surface area contributed by atoms with Crippen LogP contribution in [-0.4, -0.2) is 10.9 Å². The molecule has 2 nitrogen and oxygen atoms in total. The smallest absolute Gasteiger partial charge is 0.172 e. The second kappa shape index (κ2) is 4.49. The first kappa shape index (κ1) is 10.9. The number of carbonyl (C=O) groups is 1. The van der Waals surface area contributed by atoms with Crippen molar-refractivity contribution in [2.45, 2.75) is 13.3 Å². The Morgan fingerprint density at radius 1 is 1.31 bits per heavy atom. The Hall–Kier alpha value is -1.61. The van der Waals surface area contributed by atoms with Crippen molar-refractivity contribution in [1.29, 1.82) is 0 Å². The van der Waals surface area contributed by atoms with E-state index in [-0.39, 0.29) is 11.5 Å². The molecule has 16 heavy (non-hydrogen) atoms. The molecule has 0 saturated heterocycles. The fourth-order valence-corrected chi connectivity index (χ4v) is 2.42. The average molecular weight is 232 g/mol. The fraction of sp³-hybridized carbons (Fsp3) is 0.154. The van der Waals surface area contributed by atoms with E-state index >= 15 is 0 Å². The minimum Gasteiger partial charge on any atom is -0.508 e. The molecule has 1 aromatic heterocycles. The highest BCUT2D eigenvalue weighted by Crippen LogP contribution is 2.28. The number of rotatable bonds is 3. The Kier molecular flexibility index (Phi) is 3.06. The van der Waals surface area contributed by atoms with E-state index in [2.05, 4.69) is 0 Å². The number of benzene rings is 1. The van der Waals surface area contributed by atoms with Crippen LogP contribution in [0.15, 0.2) is 35.7 Å². The minimum atomic E-state index is 0.163. The average Bonchev–Trinajstić information content (AvgIpc) is 2.77. The number of hydrogen-bond donors (Lipinski definition) is 1. The molecule has 0 saturated carbocycles. The second-order valence-corrected chi connectivity index (χ2v) is 4.44. The molecule has 2 aromatic rings. The van der Waals surface area contributed by atoms with Crippen LogP contribution in [0.4, 0.5) is 0 Å². The highest BCUT2D eigenvalue weighted by Gasteiger charge is 2.08. The van der Waals surface area contributed by atoms with Crippen molar-refractivity contribution in [3.63, 3.8) is 0 Å². The van der Waals surface area contributed by atoms with E-state index in [0.29, 0.717) is 6.42 Å². The van der Waals surface area contributed by atoms with Crippen LogP contribution in [0.2, 0.25) is 0 Å². The highest BCUT2D eigenvalue weighted by atomic mass is 32.1. The number of thiophene rings is 1. The summed E-state index contributed by atoms with van der Waals surface area (Å²) in [5, 5.41) is 11.3. The van der Waals surface area contributed by atoms with Gasteiger partial charge in [-0.3, -0.25) is 4.79 Å². The Balaban J connectivity index is 2.35. The van der Waals surface area contributed by atoms with Crippen molar-refractivity contribution < 1.29 is 9.90 Å². The molecule has 1 N–H and O–H groups in total. The summed E-state index contributed by atoms with van der Waals surface area (Å²) in [6.45, 7) is 1.86. The van der Waals surface area contributed by atoms with Gasteiger partial charge in [0.2, 0.25) is 0 Å². The molecule has 0 bridgehead atoms. The third-order valence-electron chi connectivity index (χ3n) is 2.37. The van der Waals surface area contributed by atoms with Gasteiger partial charge in [-0.15, -0.1) is 11.3 Å². The SMILES string of the molecule is CCC(=O)c1cc(-c2cccc(O)c2)cs1. The Bertz CT molecular complexity index is 514. The van der Waals surface area contributed by atoms with Gasteiger partial charge in [0, 0.05) is 6.42 Å². The van der Waals surface area contributed by atoms with Crippen molar-refractivity contribution in [2.24, 2.45) is 0 Å². The zero-order chi connectivity index (χ0) is 11.5. The van der Waals surface area contributed by atoms with E-state index in [1.165, 1.54) is 11.3 Å². The number of phenolic OH excluding ortho intramolecular Hbond substituents is 1. The van der Waals surface area contributed by atoms with Crippen molar-refractivity contribution in [1.82, 2.24) is 0 Å². The van der Waals surface area contributed by atoms with Gasteiger partial charge in [0.1, 0.15) is 5.75 Å². The lowest BCUT2D eigenvalue weighted by Gasteiger charge is -1.97. The lowest BCUT2D eigenvalue weighted by atomic mass is 10.1. The molecule has 0 unspecified atom stereocenters. The lowest BCUT2D eigenvalue weighted by molar-refractivity contribution is 0.0992. The van der Waals surface area contributed by atoms with Crippen LogP contribution in [0.5, 0.6) is 5.75 Å². The molecule has 0 fully saturated rings. The quantitative estimate of drug-likeness (QED) is 0.819. The van der Waals surface area contributed by atoms with Gasteiger partial charge >= 0.3 is 0 Å². The number of hydrogen-bond acceptors (Lipinski definition) is 3.